The summed E-state index contributed by atoms with van der Waals surface area (Å²) in [5.74, 6) is 1.49. The predicted molar refractivity (Wildman–Crippen MR) is 97.5 cm³/mol. The van der Waals surface area contributed by atoms with Gasteiger partial charge in [-0.2, -0.15) is 4.98 Å². The van der Waals surface area contributed by atoms with Crippen LogP contribution in [-0.2, 0) is 16.1 Å². The van der Waals surface area contributed by atoms with E-state index >= 15 is 0 Å². The first-order valence-corrected chi connectivity index (χ1v) is 8.38. The van der Waals surface area contributed by atoms with Crippen molar-refractivity contribution in [3.63, 3.8) is 0 Å². The Balaban J connectivity index is 1.51. The molecule has 0 N–H and O–H groups in total. The molecule has 0 amide bonds. The number of hydrogen-bond acceptors (Lipinski definition) is 7. The third-order valence-electron chi connectivity index (χ3n) is 3.85. The number of rotatable bonds is 7. The lowest BCUT2D eigenvalue weighted by molar-refractivity contribution is -0.148. The molecule has 27 heavy (non-hydrogen) atoms. The van der Waals surface area contributed by atoms with Gasteiger partial charge in [0.1, 0.15) is 11.5 Å². The Kier molecular flexibility index (Phi) is 5.71. The Bertz CT molecular complexity index is 918. The van der Waals surface area contributed by atoms with Crippen molar-refractivity contribution in [2.24, 2.45) is 0 Å². The average Bonchev–Trinajstić information content (AvgIpc) is 3.15. The number of carbonyl (C=O) groups excluding carboxylic acids is 1. The van der Waals surface area contributed by atoms with Crippen molar-refractivity contribution in [3.8, 4) is 22.9 Å². The monoisotopic (exact) mass is 368 g/mol. The second-order valence-corrected chi connectivity index (χ2v) is 5.96. The van der Waals surface area contributed by atoms with Gasteiger partial charge in [0.05, 0.1) is 7.11 Å². The van der Waals surface area contributed by atoms with E-state index < -0.39 is 5.97 Å². The van der Waals surface area contributed by atoms with Gasteiger partial charge in [0.15, 0.2) is 13.2 Å². The highest BCUT2D eigenvalue weighted by molar-refractivity contribution is 5.71. The number of hydrogen-bond donors (Lipinski definition) is 0. The van der Waals surface area contributed by atoms with Crippen molar-refractivity contribution >= 4 is 5.97 Å². The summed E-state index contributed by atoms with van der Waals surface area (Å²) in [6, 6.07) is 13.0. The molecular formula is C20H20N2O5. The summed E-state index contributed by atoms with van der Waals surface area (Å²) in [7, 11) is 1.60. The van der Waals surface area contributed by atoms with Crippen LogP contribution < -0.4 is 9.47 Å². The lowest BCUT2D eigenvalue weighted by atomic mass is 10.1. The number of nitrogens with zero attached hydrogens (tertiary/aromatic N) is 2. The van der Waals surface area contributed by atoms with Crippen molar-refractivity contribution < 1.29 is 23.5 Å². The van der Waals surface area contributed by atoms with Gasteiger partial charge in [0.25, 0.3) is 5.89 Å². The van der Waals surface area contributed by atoms with E-state index in [1.165, 1.54) is 0 Å². The first-order chi connectivity index (χ1) is 13.0. The van der Waals surface area contributed by atoms with Gasteiger partial charge in [-0.25, -0.2) is 4.79 Å². The molecule has 1 aromatic heterocycles. The summed E-state index contributed by atoms with van der Waals surface area (Å²) in [5, 5.41) is 3.88. The maximum absolute atomic E-state index is 11.9. The second kappa shape index (κ2) is 8.35. The third-order valence-corrected chi connectivity index (χ3v) is 3.85. The summed E-state index contributed by atoms with van der Waals surface area (Å²) in [6.07, 6.45) is 0. The van der Waals surface area contributed by atoms with E-state index in [4.69, 9.17) is 18.7 Å². The summed E-state index contributed by atoms with van der Waals surface area (Å²) >= 11 is 0. The van der Waals surface area contributed by atoms with E-state index in [0.29, 0.717) is 11.6 Å². The minimum Gasteiger partial charge on any atom is -0.497 e. The van der Waals surface area contributed by atoms with E-state index in [-0.39, 0.29) is 19.1 Å². The van der Waals surface area contributed by atoms with Gasteiger partial charge in [-0.1, -0.05) is 22.9 Å². The Hall–Kier alpha value is -3.35. The fourth-order valence-electron chi connectivity index (χ4n) is 2.45. The van der Waals surface area contributed by atoms with Crippen LogP contribution in [0.5, 0.6) is 11.5 Å². The minimum atomic E-state index is -0.515. The largest absolute Gasteiger partial charge is 0.497 e. The Morgan fingerprint density at radius 3 is 2.59 bits per heavy atom. The third kappa shape index (κ3) is 4.84. The van der Waals surface area contributed by atoms with Crippen molar-refractivity contribution in [3.05, 3.63) is 59.5 Å². The molecule has 0 aliphatic rings. The Morgan fingerprint density at radius 2 is 1.89 bits per heavy atom. The van der Waals surface area contributed by atoms with Crippen molar-refractivity contribution in [1.82, 2.24) is 10.1 Å². The van der Waals surface area contributed by atoms with Gasteiger partial charge in [0, 0.05) is 5.56 Å². The van der Waals surface area contributed by atoms with Crippen molar-refractivity contribution in [1.29, 1.82) is 0 Å². The van der Waals surface area contributed by atoms with Crippen LogP contribution in [0.4, 0.5) is 0 Å². The van der Waals surface area contributed by atoms with E-state index in [9.17, 15) is 4.79 Å². The molecule has 1 heterocycles. The molecule has 0 bridgehead atoms. The zero-order chi connectivity index (χ0) is 19.2. The predicted octanol–water partition coefficient (Wildman–Crippen LogP) is 3.48. The van der Waals surface area contributed by atoms with Crippen LogP contribution in [0.25, 0.3) is 11.4 Å². The molecule has 0 aliphatic heterocycles. The second-order valence-electron chi connectivity index (χ2n) is 5.96. The molecule has 0 fully saturated rings. The van der Waals surface area contributed by atoms with Crippen LogP contribution in [0, 0.1) is 13.8 Å². The average molecular weight is 368 g/mol. The van der Waals surface area contributed by atoms with E-state index in [1.807, 2.05) is 44.2 Å². The highest BCUT2D eigenvalue weighted by atomic mass is 16.6. The van der Waals surface area contributed by atoms with Gasteiger partial charge in [-0.05, 0) is 49.7 Å². The number of methoxy groups -OCH3 is 1. The molecular weight excluding hydrogens is 348 g/mol. The minimum absolute atomic E-state index is 0.113. The Labute approximate surface area is 156 Å². The maximum Gasteiger partial charge on any atom is 0.344 e. The first-order valence-electron chi connectivity index (χ1n) is 8.38. The first kappa shape index (κ1) is 18.4. The zero-order valence-corrected chi connectivity index (χ0v) is 15.4. The molecule has 7 nitrogen and oxygen atoms in total. The van der Waals surface area contributed by atoms with Crippen LogP contribution >= 0.6 is 0 Å². The summed E-state index contributed by atoms with van der Waals surface area (Å²) in [4.78, 5) is 16.1. The number of carbonyl (C=O) groups is 1. The van der Waals surface area contributed by atoms with Gasteiger partial charge in [-0.15, -0.1) is 0 Å². The molecule has 7 heteroatoms. The van der Waals surface area contributed by atoms with Crippen molar-refractivity contribution in [2.45, 2.75) is 20.5 Å². The summed E-state index contributed by atoms with van der Waals surface area (Å²) in [5.41, 5.74) is 2.87. The SMILES string of the molecule is COc1ccc(-c2noc(COC(=O)COc3ccc(C)cc3C)n2)cc1. The van der Waals surface area contributed by atoms with Crippen LogP contribution in [0.3, 0.4) is 0 Å². The summed E-state index contributed by atoms with van der Waals surface area (Å²) < 4.78 is 20.8. The topological polar surface area (TPSA) is 83.7 Å². The van der Waals surface area contributed by atoms with Gasteiger partial charge >= 0.3 is 5.97 Å². The lowest BCUT2D eigenvalue weighted by Crippen LogP contribution is -2.15. The van der Waals surface area contributed by atoms with Gasteiger partial charge in [0.2, 0.25) is 5.82 Å². The maximum atomic E-state index is 11.9. The lowest BCUT2D eigenvalue weighted by Gasteiger charge is -2.09. The quantitative estimate of drug-likeness (QED) is 0.590. The molecule has 3 aromatic rings. The fraction of sp³-hybridized carbons (Fsp3) is 0.250. The normalized spacial score (nSPS) is 10.5. The number of esters is 1. The molecule has 0 unspecified atom stereocenters. The van der Waals surface area contributed by atoms with Gasteiger partial charge < -0.3 is 18.7 Å². The van der Waals surface area contributed by atoms with Crippen molar-refractivity contribution in [2.75, 3.05) is 13.7 Å². The van der Waals surface area contributed by atoms with Crippen LogP contribution in [0.1, 0.15) is 17.0 Å². The van der Waals surface area contributed by atoms with Crippen LogP contribution in [0.2, 0.25) is 0 Å². The van der Waals surface area contributed by atoms with E-state index in [2.05, 4.69) is 10.1 Å². The summed E-state index contributed by atoms with van der Waals surface area (Å²) in [6.45, 7) is 3.62. The van der Waals surface area contributed by atoms with E-state index in [0.717, 1.165) is 22.4 Å². The molecule has 2 aromatic carbocycles. The molecule has 0 radical (unpaired) electrons. The van der Waals surface area contributed by atoms with E-state index in [1.54, 1.807) is 19.2 Å². The molecule has 0 saturated heterocycles. The van der Waals surface area contributed by atoms with Gasteiger partial charge in [-0.3, -0.25) is 0 Å². The molecule has 0 atom stereocenters. The fourth-order valence-corrected chi connectivity index (χ4v) is 2.45. The smallest absolute Gasteiger partial charge is 0.344 e. The number of benzene rings is 2. The molecule has 0 aliphatic carbocycles. The molecule has 140 valence electrons. The van der Waals surface area contributed by atoms with Crippen LogP contribution in [-0.4, -0.2) is 29.8 Å². The highest BCUT2D eigenvalue weighted by Gasteiger charge is 2.12. The molecule has 0 saturated carbocycles. The molecule has 0 spiro atoms. The number of aryl methyl sites for hydroxylation is 2. The highest BCUT2D eigenvalue weighted by Crippen LogP contribution is 2.20. The van der Waals surface area contributed by atoms with Crippen LogP contribution in [0.15, 0.2) is 47.0 Å². The molecule has 3 rings (SSSR count). The Morgan fingerprint density at radius 1 is 1.11 bits per heavy atom. The number of aromatic nitrogens is 2. The zero-order valence-electron chi connectivity index (χ0n) is 15.4. The standard InChI is InChI=1S/C20H20N2O5/c1-13-4-9-17(14(2)10-13)25-12-19(23)26-11-18-21-20(22-27-18)15-5-7-16(24-3)8-6-15/h4-10H,11-12H2,1-3H3. The number of ether oxygens (including phenoxy) is 3.